The molecule has 7 nitrogen and oxygen atoms in total. The average Bonchev–Trinajstić information content (AvgIpc) is 3.09. The lowest BCUT2D eigenvalue weighted by atomic mass is 10.2. The maximum atomic E-state index is 12.2. The second-order valence-corrected chi connectivity index (χ2v) is 5.52. The summed E-state index contributed by atoms with van der Waals surface area (Å²) >= 11 is 0. The molecular weight excluding hydrogens is 312 g/mol. The van der Waals surface area contributed by atoms with Gasteiger partial charge in [0.15, 0.2) is 17.8 Å². The van der Waals surface area contributed by atoms with Crippen LogP contribution in [0, 0.1) is 0 Å². The van der Waals surface area contributed by atoms with Crippen LogP contribution in [0.2, 0.25) is 0 Å². The molecular formula is C17H18N2O5. The third kappa shape index (κ3) is 3.80. The van der Waals surface area contributed by atoms with Crippen LogP contribution >= 0.6 is 0 Å². The van der Waals surface area contributed by atoms with E-state index in [1.807, 2.05) is 30.3 Å². The summed E-state index contributed by atoms with van der Waals surface area (Å²) in [5.74, 6) is -0.0164. The van der Waals surface area contributed by atoms with Crippen LogP contribution in [0.25, 0.3) is 11.3 Å². The number of benzene rings is 1. The number of ether oxygens (including phenoxy) is 1. The molecule has 0 spiro atoms. The standard InChI is InChI=1S/C17H18N2O5/c20-16(19-8-9-23-14(11-19)17(21)22)7-6-15-18-10-13(24-15)12-4-2-1-3-5-12/h1-5,10,14H,6-9,11H2,(H,21,22). The minimum atomic E-state index is -1.05. The van der Waals surface area contributed by atoms with Gasteiger partial charge in [-0.3, -0.25) is 4.79 Å². The number of nitrogens with zero attached hydrogens (tertiary/aromatic N) is 2. The molecule has 1 aliphatic rings. The number of hydrogen-bond acceptors (Lipinski definition) is 5. The lowest BCUT2D eigenvalue weighted by Crippen LogP contribution is -2.48. The number of carbonyl (C=O) groups is 2. The summed E-state index contributed by atoms with van der Waals surface area (Å²) in [5.41, 5.74) is 0.931. The maximum absolute atomic E-state index is 12.2. The number of carboxylic acids is 1. The van der Waals surface area contributed by atoms with Crippen molar-refractivity contribution in [3.63, 3.8) is 0 Å². The molecule has 3 rings (SSSR count). The van der Waals surface area contributed by atoms with Gasteiger partial charge in [-0.2, -0.15) is 0 Å². The minimum absolute atomic E-state index is 0.0784. The van der Waals surface area contributed by atoms with Crippen LogP contribution < -0.4 is 0 Å². The van der Waals surface area contributed by atoms with Crippen LogP contribution in [-0.2, 0) is 20.7 Å². The second kappa shape index (κ2) is 7.27. The summed E-state index contributed by atoms with van der Waals surface area (Å²) in [7, 11) is 0. The number of carbonyl (C=O) groups excluding carboxylic acids is 1. The zero-order valence-corrected chi connectivity index (χ0v) is 13.1. The first-order chi connectivity index (χ1) is 11.6. The van der Waals surface area contributed by atoms with Crippen LogP contribution in [-0.4, -0.2) is 52.7 Å². The van der Waals surface area contributed by atoms with Crippen LogP contribution in [0.1, 0.15) is 12.3 Å². The summed E-state index contributed by atoms with van der Waals surface area (Å²) in [5, 5.41) is 8.97. The van der Waals surface area contributed by atoms with Crippen molar-refractivity contribution >= 4 is 11.9 Å². The van der Waals surface area contributed by atoms with Gasteiger partial charge in [0.05, 0.1) is 19.3 Å². The highest BCUT2D eigenvalue weighted by Gasteiger charge is 2.28. The number of rotatable bonds is 5. The summed E-state index contributed by atoms with van der Waals surface area (Å²) in [6.07, 6.45) is 1.29. The van der Waals surface area contributed by atoms with Gasteiger partial charge in [0, 0.05) is 24.9 Å². The Kier molecular flexibility index (Phi) is 4.90. The molecule has 1 fully saturated rings. The molecule has 126 valence electrons. The van der Waals surface area contributed by atoms with E-state index in [-0.39, 0.29) is 25.5 Å². The number of amides is 1. The molecule has 2 aromatic rings. The molecule has 1 unspecified atom stereocenters. The first-order valence-corrected chi connectivity index (χ1v) is 7.76. The van der Waals surface area contributed by atoms with Crippen molar-refractivity contribution < 1.29 is 23.8 Å². The van der Waals surface area contributed by atoms with Gasteiger partial charge in [-0.05, 0) is 0 Å². The van der Waals surface area contributed by atoms with Crippen LogP contribution in [0.4, 0.5) is 0 Å². The normalized spacial score (nSPS) is 17.7. The van der Waals surface area contributed by atoms with Crippen molar-refractivity contribution in [2.24, 2.45) is 0 Å². The van der Waals surface area contributed by atoms with Gasteiger partial charge in [0.25, 0.3) is 0 Å². The van der Waals surface area contributed by atoms with Crippen molar-refractivity contribution in [1.29, 1.82) is 0 Å². The maximum Gasteiger partial charge on any atom is 0.334 e. The van der Waals surface area contributed by atoms with Gasteiger partial charge in [0.1, 0.15) is 0 Å². The Hall–Kier alpha value is -2.67. The van der Waals surface area contributed by atoms with Crippen molar-refractivity contribution in [1.82, 2.24) is 9.88 Å². The fourth-order valence-electron chi connectivity index (χ4n) is 2.56. The van der Waals surface area contributed by atoms with E-state index in [0.717, 1.165) is 5.56 Å². The highest BCUT2D eigenvalue weighted by atomic mass is 16.5. The Labute approximate surface area is 138 Å². The van der Waals surface area contributed by atoms with Crippen molar-refractivity contribution in [2.45, 2.75) is 18.9 Å². The van der Waals surface area contributed by atoms with E-state index in [1.165, 1.54) is 4.90 Å². The van der Waals surface area contributed by atoms with Gasteiger partial charge in [0.2, 0.25) is 5.91 Å². The lowest BCUT2D eigenvalue weighted by molar-refractivity contribution is -0.159. The molecule has 1 aromatic carbocycles. The van der Waals surface area contributed by atoms with Crippen LogP contribution in [0.15, 0.2) is 40.9 Å². The first-order valence-electron chi connectivity index (χ1n) is 7.76. The molecule has 1 N–H and O–H groups in total. The smallest absolute Gasteiger partial charge is 0.334 e. The molecule has 1 aromatic heterocycles. The van der Waals surface area contributed by atoms with E-state index in [0.29, 0.717) is 24.6 Å². The lowest BCUT2D eigenvalue weighted by Gasteiger charge is -2.30. The predicted molar refractivity (Wildman–Crippen MR) is 84.2 cm³/mol. The molecule has 24 heavy (non-hydrogen) atoms. The summed E-state index contributed by atoms with van der Waals surface area (Å²) < 4.78 is 10.8. The third-order valence-electron chi connectivity index (χ3n) is 3.86. The molecule has 7 heteroatoms. The number of hydrogen-bond donors (Lipinski definition) is 1. The first kappa shape index (κ1) is 16.2. The molecule has 0 aliphatic carbocycles. The third-order valence-corrected chi connectivity index (χ3v) is 3.86. The molecule has 1 aliphatic heterocycles. The van der Waals surface area contributed by atoms with Crippen molar-refractivity contribution in [3.05, 3.63) is 42.4 Å². The fraction of sp³-hybridized carbons (Fsp3) is 0.353. The summed E-state index contributed by atoms with van der Waals surface area (Å²) in [4.78, 5) is 28.9. The number of aromatic nitrogens is 1. The van der Waals surface area contributed by atoms with E-state index in [9.17, 15) is 9.59 Å². The molecule has 0 saturated carbocycles. The minimum Gasteiger partial charge on any atom is -0.479 e. The zero-order valence-electron chi connectivity index (χ0n) is 13.1. The van der Waals surface area contributed by atoms with Crippen LogP contribution in [0.5, 0.6) is 0 Å². The van der Waals surface area contributed by atoms with Gasteiger partial charge in [-0.25, -0.2) is 9.78 Å². The topological polar surface area (TPSA) is 92.9 Å². The molecule has 1 atom stereocenters. The number of aliphatic carboxylic acids is 1. The number of morpholine rings is 1. The number of carboxylic acid groups (broad SMARTS) is 1. The largest absolute Gasteiger partial charge is 0.479 e. The Bertz CT molecular complexity index is 713. The molecule has 1 saturated heterocycles. The average molecular weight is 330 g/mol. The van der Waals surface area contributed by atoms with E-state index >= 15 is 0 Å². The van der Waals surface area contributed by atoms with E-state index in [4.69, 9.17) is 14.3 Å². The summed E-state index contributed by atoms with van der Waals surface area (Å²) in [6, 6.07) is 9.60. The van der Waals surface area contributed by atoms with E-state index in [2.05, 4.69) is 4.98 Å². The van der Waals surface area contributed by atoms with Crippen molar-refractivity contribution in [2.75, 3.05) is 19.7 Å². The Balaban J connectivity index is 1.55. The second-order valence-electron chi connectivity index (χ2n) is 5.52. The monoisotopic (exact) mass is 330 g/mol. The van der Waals surface area contributed by atoms with Crippen LogP contribution in [0.3, 0.4) is 0 Å². The molecule has 1 amide bonds. The molecule has 0 radical (unpaired) electrons. The quantitative estimate of drug-likeness (QED) is 0.895. The number of aryl methyl sites for hydroxylation is 1. The van der Waals surface area contributed by atoms with Gasteiger partial charge in [-0.1, -0.05) is 30.3 Å². The summed E-state index contributed by atoms with van der Waals surface area (Å²) in [6.45, 7) is 0.721. The van der Waals surface area contributed by atoms with Gasteiger partial charge >= 0.3 is 5.97 Å². The SMILES string of the molecule is O=C(O)C1CN(C(=O)CCc2ncc(-c3ccccc3)o2)CCO1. The Morgan fingerprint density at radius 3 is 2.83 bits per heavy atom. The molecule has 2 heterocycles. The highest BCUT2D eigenvalue weighted by molar-refractivity contribution is 5.78. The van der Waals surface area contributed by atoms with E-state index < -0.39 is 12.1 Å². The van der Waals surface area contributed by atoms with Gasteiger partial charge < -0.3 is 19.2 Å². The Morgan fingerprint density at radius 1 is 1.29 bits per heavy atom. The predicted octanol–water partition coefficient (Wildman–Crippen LogP) is 1.59. The van der Waals surface area contributed by atoms with E-state index in [1.54, 1.807) is 6.20 Å². The molecule has 0 bridgehead atoms. The fourth-order valence-corrected chi connectivity index (χ4v) is 2.56. The van der Waals surface area contributed by atoms with Gasteiger partial charge in [-0.15, -0.1) is 0 Å². The Morgan fingerprint density at radius 2 is 2.08 bits per heavy atom. The number of oxazole rings is 1. The zero-order chi connectivity index (χ0) is 16.9. The van der Waals surface area contributed by atoms with Crippen molar-refractivity contribution in [3.8, 4) is 11.3 Å². The highest BCUT2D eigenvalue weighted by Crippen LogP contribution is 2.20.